The lowest BCUT2D eigenvalue weighted by molar-refractivity contribution is -0.116. The zero-order chi connectivity index (χ0) is 42.6. The Morgan fingerprint density at radius 1 is 1.07 bits per heavy atom. The Labute approximate surface area is 352 Å². The molecule has 2 aliphatic heterocycles. The van der Waals surface area contributed by atoms with Crippen LogP contribution in [0.5, 0.6) is 0 Å². The van der Waals surface area contributed by atoms with Crippen LogP contribution < -0.4 is 21.5 Å². The first kappa shape index (κ1) is 46.8. The van der Waals surface area contributed by atoms with Gasteiger partial charge >= 0.3 is 0 Å². The summed E-state index contributed by atoms with van der Waals surface area (Å²) in [6.45, 7) is 14.4. The number of rotatable bonds is 16. The minimum atomic E-state index is -0.885. The normalized spacial score (nSPS) is 15.7. The van der Waals surface area contributed by atoms with Crippen LogP contribution >= 0.6 is 11.6 Å². The summed E-state index contributed by atoms with van der Waals surface area (Å²) in [7, 11) is 3.97. The van der Waals surface area contributed by atoms with Gasteiger partial charge in [-0.05, 0) is 89.3 Å². The van der Waals surface area contributed by atoms with Crippen molar-refractivity contribution in [2.24, 2.45) is 10.9 Å². The summed E-state index contributed by atoms with van der Waals surface area (Å²) in [4.78, 5) is 59.2. The van der Waals surface area contributed by atoms with Crippen LogP contribution in [-0.4, -0.2) is 122 Å². The molecular formula is C45H59ClN8O5. The molecule has 3 aromatic carbocycles. The number of carbonyl (C=O) groups is 3. The summed E-state index contributed by atoms with van der Waals surface area (Å²) in [5.41, 5.74) is 3.18. The molecule has 316 valence electrons. The predicted molar refractivity (Wildman–Crippen MR) is 239 cm³/mol. The van der Waals surface area contributed by atoms with Crippen molar-refractivity contribution in [1.29, 1.82) is 0 Å². The Morgan fingerprint density at radius 3 is 2.44 bits per heavy atom. The van der Waals surface area contributed by atoms with E-state index in [0.29, 0.717) is 57.7 Å². The summed E-state index contributed by atoms with van der Waals surface area (Å²) in [6, 6.07) is 20.3. The molecule has 0 radical (unpaired) electrons. The van der Waals surface area contributed by atoms with Crippen LogP contribution in [0, 0.1) is 5.92 Å². The number of nitrogens with zero attached hydrogens (tertiary/aromatic N) is 5. The van der Waals surface area contributed by atoms with E-state index in [1.807, 2.05) is 32.3 Å². The minimum absolute atomic E-state index is 0.0456. The van der Waals surface area contributed by atoms with Crippen molar-refractivity contribution < 1.29 is 19.5 Å². The van der Waals surface area contributed by atoms with E-state index in [1.54, 1.807) is 36.4 Å². The van der Waals surface area contributed by atoms with E-state index < -0.39 is 5.60 Å². The second-order valence-corrected chi connectivity index (χ2v) is 15.6. The minimum Gasteiger partial charge on any atom is -0.388 e. The summed E-state index contributed by atoms with van der Waals surface area (Å²) in [5, 5.41) is 21.0. The molecule has 4 aromatic rings. The van der Waals surface area contributed by atoms with E-state index in [2.05, 4.69) is 61.2 Å². The first-order valence-corrected chi connectivity index (χ1v) is 20.5. The highest BCUT2D eigenvalue weighted by atomic mass is 35.5. The molecule has 2 saturated heterocycles. The maximum atomic E-state index is 12.9. The molecule has 4 N–H and O–H groups in total. The zero-order valence-electron chi connectivity index (χ0n) is 34.4. The topological polar surface area (TPSA) is 161 Å². The average Bonchev–Trinajstić information content (AvgIpc) is 3.25. The van der Waals surface area contributed by atoms with E-state index in [1.165, 1.54) is 16.5 Å². The van der Waals surface area contributed by atoms with Gasteiger partial charge in [0.05, 0.1) is 35.1 Å². The summed E-state index contributed by atoms with van der Waals surface area (Å²) < 4.78 is 1.50. The molecule has 0 spiro atoms. The molecule has 59 heavy (non-hydrogen) atoms. The molecule has 14 heteroatoms. The Kier molecular flexibility index (Phi) is 19.2. The monoisotopic (exact) mass is 826 g/mol. The maximum Gasteiger partial charge on any atom is 0.261 e. The number of nitrogens with one attached hydrogen (secondary N) is 3. The molecule has 6 rings (SSSR count). The van der Waals surface area contributed by atoms with Crippen molar-refractivity contribution in [2.75, 3.05) is 71.8 Å². The van der Waals surface area contributed by atoms with Gasteiger partial charge in [0.25, 0.3) is 5.56 Å². The first-order valence-electron chi connectivity index (χ1n) is 20.1. The van der Waals surface area contributed by atoms with Crippen LogP contribution in [0.1, 0.15) is 53.6 Å². The number of halogens is 1. The molecular weight excluding hydrogens is 768 g/mol. The van der Waals surface area contributed by atoms with Crippen molar-refractivity contribution in [3.63, 3.8) is 0 Å². The molecule has 3 heterocycles. The van der Waals surface area contributed by atoms with Gasteiger partial charge in [0.15, 0.2) is 0 Å². The SMILES string of the molecule is C=Nc1cc(C=O)ccc1C(=C)Cl.CN1CCC(O)(Cn2cnc3cc(NC(=O)CCN4CCNCC4)ccc3c2=O)CC1.CNCCCC(C=O)Cc1ccccc1. The zero-order valence-corrected chi connectivity index (χ0v) is 35.1. The lowest BCUT2D eigenvalue weighted by Crippen LogP contribution is -2.46. The van der Waals surface area contributed by atoms with Gasteiger partial charge in [-0.2, -0.15) is 0 Å². The summed E-state index contributed by atoms with van der Waals surface area (Å²) in [5.74, 6) is 0.122. The highest BCUT2D eigenvalue weighted by molar-refractivity contribution is 6.48. The number of amides is 1. The lowest BCUT2D eigenvalue weighted by atomic mass is 9.91. The van der Waals surface area contributed by atoms with E-state index in [4.69, 9.17) is 11.6 Å². The van der Waals surface area contributed by atoms with Crippen LogP contribution in [0.2, 0.25) is 0 Å². The smallest absolute Gasteiger partial charge is 0.261 e. The van der Waals surface area contributed by atoms with Crippen LogP contribution in [-0.2, 0) is 22.6 Å². The number of anilines is 1. The number of aliphatic imine (C=N–C) groups is 1. The standard InChI is InChI=1S/C22H32N6O3.C13H19NO.C10H8ClNO/c1-26-10-5-22(31,6-11-26)15-28-16-24-19-14-17(2-3-18(19)21(28)30)25-20(29)4-9-27-12-7-23-8-13-27;1-14-9-5-8-13(11-15)10-12-6-3-2-4-7-12;1-7(11)9-4-3-8(6-13)5-10(9)12-2/h2-3,14,16,23,31H,4-13,15H2,1H3,(H,25,29);2-4,6-7,11,13-14H,5,8-10H2,1H3;3-6H,1-2H2. The van der Waals surface area contributed by atoms with Gasteiger partial charge in [-0.3, -0.25) is 23.9 Å². The highest BCUT2D eigenvalue weighted by Gasteiger charge is 2.32. The molecule has 1 aromatic heterocycles. The van der Waals surface area contributed by atoms with Crippen LogP contribution in [0.15, 0.2) is 89.4 Å². The number of aldehydes is 2. The molecule has 2 fully saturated rings. The predicted octanol–water partition coefficient (Wildman–Crippen LogP) is 5.17. The number of piperazine rings is 1. The molecule has 1 unspecified atom stereocenters. The van der Waals surface area contributed by atoms with E-state index in [9.17, 15) is 24.3 Å². The third-order valence-corrected chi connectivity index (χ3v) is 10.7. The number of hydrogen-bond acceptors (Lipinski definition) is 11. The van der Waals surface area contributed by atoms with Crippen molar-refractivity contribution in [3.05, 3.63) is 107 Å². The second-order valence-electron chi connectivity index (χ2n) is 15.1. The lowest BCUT2D eigenvalue weighted by Gasteiger charge is -2.36. The molecule has 1 atom stereocenters. The van der Waals surface area contributed by atoms with Crippen molar-refractivity contribution in [2.45, 2.75) is 50.7 Å². The Bertz CT molecular complexity index is 2050. The van der Waals surface area contributed by atoms with Crippen LogP contribution in [0.3, 0.4) is 0 Å². The number of carbonyl (C=O) groups excluding carboxylic acids is 3. The molecule has 1 amide bonds. The van der Waals surface area contributed by atoms with Crippen molar-refractivity contribution in [3.8, 4) is 0 Å². The number of aromatic nitrogens is 2. The summed E-state index contributed by atoms with van der Waals surface area (Å²) >= 11 is 5.71. The first-order chi connectivity index (χ1) is 28.5. The maximum absolute atomic E-state index is 12.9. The summed E-state index contributed by atoms with van der Waals surface area (Å²) in [6.07, 6.45) is 7.93. The van der Waals surface area contributed by atoms with Gasteiger partial charge in [0.2, 0.25) is 5.91 Å². The average molecular weight is 827 g/mol. The van der Waals surface area contributed by atoms with E-state index >= 15 is 0 Å². The fraction of sp³-hybridized carbons (Fsp3) is 0.422. The van der Waals surface area contributed by atoms with E-state index in [0.717, 1.165) is 84.2 Å². The number of likely N-dealkylation sites (tertiary alicyclic amines) is 1. The van der Waals surface area contributed by atoms with Gasteiger partial charge < -0.3 is 35.7 Å². The van der Waals surface area contributed by atoms with Crippen LogP contribution in [0.4, 0.5) is 11.4 Å². The molecule has 13 nitrogen and oxygen atoms in total. The van der Waals surface area contributed by atoms with Crippen LogP contribution in [0.25, 0.3) is 15.9 Å². The highest BCUT2D eigenvalue weighted by Crippen LogP contribution is 2.28. The Hall–Kier alpha value is -4.89. The fourth-order valence-electron chi connectivity index (χ4n) is 6.93. The quantitative estimate of drug-likeness (QED) is 0.0674. The largest absolute Gasteiger partial charge is 0.388 e. The van der Waals surface area contributed by atoms with Gasteiger partial charge in [0.1, 0.15) is 12.6 Å². The molecule has 0 saturated carbocycles. The number of benzene rings is 3. The second kappa shape index (κ2) is 24.3. The van der Waals surface area contributed by atoms with Crippen molar-refractivity contribution >= 4 is 64.1 Å². The number of piperidine rings is 1. The van der Waals surface area contributed by atoms with Gasteiger partial charge in [-0.15, -0.1) is 0 Å². The van der Waals surface area contributed by atoms with Gasteiger partial charge in [-0.25, -0.2) is 4.98 Å². The third kappa shape index (κ3) is 15.3. The number of fused-ring (bicyclic) bond motifs is 1. The molecule has 0 aliphatic carbocycles. The van der Waals surface area contributed by atoms with Crippen molar-refractivity contribution in [1.82, 2.24) is 30.0 Å². The number of aliphatic hydroxyl groups is 1. The van der Waals surface area contributed by atoms with Gasteiger partial charge in [0, 0.05) is 80.0 Å². The van der Waals surface area contributed by atoms with Gasteiger partial charge in [-0.1, -0.05) is 60.6 Å². The Morgan fingerprint density at radius 2 is 1.80 bits per heavy atom. The fourth-order valence-corrected chi connectivity index (χ4v) is 7.09. The number of hydrogen-bond donors (Lipinski definition) is 4. The van der Waals surface area contributed by atoms with E-state index in [-0.39, 0.29) is 23.9 Å². The molecule has 0 bridgehead atoms. The molecule has 2 aliphatic rings. The third-order valence-electron chi connectivity index (χ3n) is 10.5. The Balaban J connectivity index is 0.000000228.